The van der Waals surface area contributed by atoms with Gasteiger partial charge in [-0.05, 0) is 58.2 Å². The van der Waals surface area contributed by atoms with Crippen molar-refractivity contribution in [2.45, 2.75) is 58.8 Å². The van der Waals surface area contributed by atoms with Gasteiger partial charge in [-0.2, -0.15) is 5.10 Å². The van der Waals surface area contributed by atoms with E-state index >= 15 is 0 Å². The highest BCUT2D eigenvalue weighted by molar-refractivity contribution is 7.20. The van der Waals surface area contributed by atoms with Crippen molar-refractivity contribution in [2.75, 3.05) is 0 Å². The van der Waals surface area contributed by atoms with Crippen molar-refractivity contribution < 1.29 is 9.53 Å². The van der Waals surface area contributed by atoms with E-state index in [0.717, 1.165) is 44.9 Å². The number of amides is 1. The van der Waals surface area contributed by atoms with E-state index in [4.69, 9.17) is 9.84 Å². The molecule has 0 radical (unpaired) electrons. The van der Waals surface area contributed by atoms with Crippen LogP contribution in [0.4, 0.5) is 0 Å². The van der Waals surface area contributed by atoms with Gasteiger partial charge in [-0.15, -0.1) is 11.3 Å². The Kier molecular flexibility index (Phi) is 4.78. The van der Waals surface area contributed by atoms with Gasteiger partial charge in [0.2, 0.25) is 0 Å². The molecule has 3 heterocycles. The number of nitrogens with zero attached hydrogens (tertiary/aromatic N) is 2. The smallest absolute Gasteiger partial charge is 0.261 e. The quantitative estimate of drug-likeness (QED) is 0.730. The van der Waals surface area contributed by atoms with Crippen molar-refractivity contribution in [1.82, 2.24) is 15.1 Å². The average Bonchev–Trinajstić information content (AvgIpc) is 3.16. The van der Waals surface area contributed by atoms with Crippen molar-refractivity contribution in [2.24, 2.45) is 0 Å². The number of nitrogens with one attached hydrogen (secondary N) is 1. The van der Waals surface area contributed by atoms with Crippen molar-refractivity contribution in [3.63, 3.8) is 0 Å². The van der Waals surface area contributed by atoms with Crippen LogP contribution < -0.4 is 5.32 Å². The topological polar surface area (TPSA) is 56.2 Å². The summed E-state index contributed by atoms with van der Waals surface area (Å²) in [4.78, 5) is 14.6. The highest BCUT2D eigenvalue weighted by Crippen LogP contribution is 2.31. The van der Waals surface area contributed by atoms with Gasteiger partial charge in [0.05, 0.1) is 28.5 Å². The molecule has 2 aromatic heterocycles. The fourth-order valence-corrected chi connectivity index (χ4v) is 4.98. The zero-order valence-electron chi connectivity index (χ0n) is 16.2. The summed E-state index contributed by atoms with van der Waals surface area (Å²) in [6.07, 6.45) is 2.07. The number of rotatable bonds is 3. The normalized spacial score (nSPS) is 22.9. The first-order chi connectivity index (χ1) is 12.9. The molecule has 0 aliphatic carbocycles. The lowest BCUT2D eigenvalue weighted by atomic mass is 10.00. The molecule has 4 rings (SSSR count). The maximum Gasteiger partial charge on any atom is 0.261 e. The SMILES string of the molecule is Cc1ccccc1-n1nc(C)c2cc(C(=O)NC3C[C@H](C)O[C@@H](C)C3)sc21. The number of para-hydroxylation sites is 1. The first-order valence-corrected chi connectivity index (χ1v) is 10.3. The molecule has 27 heavy (non-hydrogen) atoms. The van der Waals surface area contributed by atoms with E-state index in [1.807, 2.05) is 29.8 Å². The first-order valence-electron chi connectivity index (χ1n) is 9.44. The number of benzene rings is 1. The third-order valence-corrected chi connectivity index (χ3v) is 6.25. The highest BCUT2D eigenvalue weighted by Gasteiger charge is 2.27. The predicted octanol–water partition coefficient (Wildman–Crippen LogP) is 4.39. The maximum absolute atomic E-state index is 12.8. The molecule has 6 heteroatoms. The van der Waals surface area contributed by atoms with E-state index in [-0.39, 0.29) is 24.2 Å². The number of fused-ring (bicyclic) bond motifs is 1. The van der Waals surface area contributed by atoms with Gasteiger partial charge in [-0.25, -0.2) is 4.68 Å². The summed E-state index contributed by atoms with van der Waals surface area (Å²) < 4.78 is 7.73. The molecule has 1 aliphatic rings. The number of thiophene rings is 1. The van der Waals surface area contributed by atoms with Crippen LogP contribution in [-0.2, 0) is 4.74 Å². The van der Waals surface area contributed by atoms with Gasteiger partial charge in [0.15, 0.2) is 0 Å². The second kappa shape index (κ2) is 7.09. The first kappa shape index (κ1) is 18.2. The molecule has 1 aliphatic heterocycles. The van der Waals surface area contributed by atoms with Gasteiger partial charge in [0.25, 0.3) is 5.91 Å². The third-order valence-electron chi connectivity index (χ3n) is 5.14. The van der Waals surface area contributed by atoms with Crippen LogP contribution in [0.15, 0.2) is 30.3 Å². The van der Waals surface area contributed by atoms with Gasteiger partial charge in [0.1, 0.15) is 4.83 Å². The summed E-state index contributed by atoms with van der Waals surface area (Å²) >= 11 is 1.50. The lowest BCUT2D eigenvalue weighted by Crippen LogP contribution is -2.43. The van der Waals surface area contributed by atoms with Gasteiger partial charge >= 0.3 is 0 Å². The lowest BCUT2D eigenvalue weighted by Gasteiger charge is -2.32. The fraction of sp³-hybridized carbons (Fsp3) is 0.429. The van der Waals surface area contributed by atoms with Crippen LogP contribution >= 0.6 is 11.3 Å². The molecule has 5 nitrogen and oxygen atoms in total. The summed E-state index contributed by atoms with van der Waals surface area (Å²) in [5, 5.41) is 8.94. The fourth-order valence-electron chi connectivity index (χ4n) is 3.90. The van der Waals surface area contributed by atoms with E-state index in [9.17, 15) is 4.79 Å². The molecule has 0 bridgehead atoms. The highest BCUT2D eigenvalue weighted by atomic mass is 32.1. The van der Waals surface area contributed by atoms with Gasteiger partial charge < -0.3 is 10.1 Å². The van der Waals surface area contributed by atoms with Crippen LogP contribution in [0.5, 0.6) is 0 Å². The Labute approximate surface area is 163 Å². The zero-order valence-corrected chi connectivity index (χ0v) is 17.0. The van der Waals surface area contributed by atoms with Crippen LogP contribution in [-0.4, -0.2) is 33.9 Å². The lowest BCUT2D eigenvalue weighted by molar-refractivity contribution is -0.0407. The Hall–Kier alpha value is -2.18. The number of ether oxygens (including phenoxy) is 1. The van der Waals surface area contributed by atoms with Crippen molar-refractivity contribution >= 4 is 27.5 Å². The standard InChI is InChI=1S/C21H25N3O2S/c1-12-7-5-6-8-18(12)24-21-17(15(4)23-24)11-19(27-21)20(25)22-16-9-13(2)26-14(3)10-16/h5-8,11,13-14,16H,9-10H2,1-4H3,(H,22,25)/t13-,14-/m0/s1. The molecule has 0 saturated carbocycles. The predicted molar refractivity (Wildman–Crippen MR) is 109 cm³/mol. The number of aryl methyl sites for hydroxylation is 2. The number of hydrogen-bond acceptors (Lipinski definition) is 4. The van der Waals surface area contributed by atoms with Gasteiger partial charge in [0, 0.05) is 11.4 Å². The Morgan fingerprint density at radius 3 is 2.63 bits per heavy atom. The Bertz CT molecular complexity index is 981. The number of carbonyl (C=O) groups excluding carboxylic acids is 1. The molecule has 1 N–H and O–H groups in total. The van der Waals surface area contributed by atoms with Gasteiger partial charge in [-0.1, -0.05) is 18.2 Å². The maximum atomic E-state index is 12.8. The van der Waals surface area contributed by atoms with E-state index < -0.39 is 0 Å². The molecule has 1 aromatic carbocycles. The Morgan fingerprint density at radius 2 is 1.93 bits per heavy atom. The molecule has 1 amide bonds. The van der Waals surface area contributed by atoms with Crippen molar-refractivity contribution in [3.05, 3.63) is 46.5 Å². The molecule has 0 spiro atoms. The zero-order chi connectivity index (χ0) is 19.1. The van der Waals surface area contributed by atoms with Crippen LogP contribution in [0.3, 0.4) is 0 Å². The molecule has 3 aromatic rings. The van der Waals surface area contributed by atoms with E-state index in [1.54, 1.807) is 0 Å². The average molecular weight is 384 g/mol. The number of hydrogen-bond donors (Lipinski definition) is 1. The summed E-state index contributed by atoms with van der Waals surface area (Å²) in [7, 11) is 0. The summed E-state index contributed by atoms with van der Waals surface area (Å²) in [6, 6.07) is 10.3. The number of carbonyl (C=O) groups is 1. The van der Waals surface area contributed by atoms with Crippen LogP contribution in [0.25, 0.3) is 15.9 Å². The van der Waals surface area contributed by atoms with Crippen LogP contribution in [0.2, 0.25) is 0 Å². The minimum absolute atomic E-state index is 0.00164. The summed E-state index contributed by atoms with van der Waals surface area (Å²) in [6.45, 7) is 8.20. The molecule has 1 fully saturated rings. The van der Waals surface area contributed by atoms with E-state index in [2.05, 4.69) is 38.2 Å². The van der Waals surface area contributed by atoms with Crippen molar-refractivity contribution in [3.8, 4) is 5.69 Å². The van der Waals surface area contributed by atoms with Crippen LogP contribution in [0, 0.1) is 13.8 Å². The van der Waals surface area contributed by atoms with Gasteiger partial charge in [-0.3, -0.25) is 4.79 Å². The second-order valence-electron chi connectivity index (χ2n) is 7.51. The second-order valence-corrected chi connectivity index (χ2v) is 8.54. The summed E-state index contributed by atoms with van der Waals surface area (Å²) in [5.74, 6) is -0.00164. The Balaban J connectivity index is 1.63. The minimum atomic E-state index is -0.00164. The van der Waals surface area contributed by atoms with E-state index in [1.165, 1.54) is 11.3 Å². The van der Waals surface area contributed by atoms with Crippen LogP contribution in [0.1, 0.15) is 47.6 Å². The number of aromatic nitrogens is 2. The monoisotopic (exact) mass is 383 g/mol. The molecular weight excluding hydrogens is 358 g/mol. The Morgan fingerprint density at radius 1 is 1.22 bits per heavy atom. The minimum Gasteiger partial charge on any atom is -0.375 e. The largest absolute Gasteiger partial charge is 0.375 e. The van der Waals surface area contributed by atoms with E-state index in [0.29, 0.717) is 0 Å². The molecular formula is C21H25N3O2S. The van der Waals surface area contributed by atoms with Crippen molar-refractivity contribution in [1.29, 1.82) is 0 Å². The molecule has 0 unspecified atom stereocenters. The summed E-state index contributed by atoms with van der Waals surface area (Å²) in [5.41, 5.74) is 3.15. The molecule has 1 saturated heterocycles. The third kappa shape index (κ3) is 3.51. The molecule has 2 atom stereocenters. The molecule has 142 valence electrons.